The number of carbonyl (C=O) groups excluding carboxylic acids is 2. The molecule has 0 aromatic heterocycles. The zero-order valence-electron chi connectivity index (χ0n) is 46.7. The molecular formula is C61H110N2O7P+. The third-order valence-corrected chi connectivity index (χ3v) is 13.3. The van der Waals surface area contributed by atoms with E-state index in [-0.39, 0.29) is 31.5 Å². The highest BCUT2D eigenvalue weighted by atomic mass is 31.2. The maximum absolute atomic E-state index is 13.5. The zero-order chi connectivity index (χ0) is 52.2. The molecule has 0 rings (SSSR count). The van der Waals surface area contributed by atoms with E-state index < -0.39 is 20.0 Å². The normalized spacial score (nSPS) is 14.4. The maximum Gasteiger partial charge on any atom is 0.472 e. The number of likely N-dealkylation sites (N-methyl/N-ethyl adjacent to an activating group) is 1. The number of hydrogen-bond acceptors (Lipinski definition) is 6. The van der Waals surface area contributed by atoms with Crippen LogP contribution in [0.15, 0.2) is 85.1 Å². The van der Waals surface area contributed by atoms with E-state index in [0.29, 0.717) is 30.3 Å². The van der Waals surface area contributed by atoms with E-state index in [1.807, 2.05) is 33.3 Å². The molecule has 0 saturated heterocycles. The van der Waals surface area contributed by atoms with E-state index in [1.165, 1.54) is 96.3 Å². The number of rotatable bonds is 51. The van der Waals surface area contributed by atoms with Crippen LogP contribution in [0, 0.1) is 0 Å². The molecule has 0 saturated carbocycles. The molecule has 10 heteroatoms. The Morgan fingerprint density at radius 2 is 0.859 bits per heavy atom. The van der Waals surface area contributed by atoms with Crippen molar-refractivity contribution in [1.29, 1.82) is 0 Å². The van der Waals surface area contributed by atoms with Gasteiger partial charge in [-0.3, -0.25) is 18.6 Å². The Bertz CT molecular complexity index is 1490. The fraction of sp³-hybridized carbons (Fsp3) is 0.738. The standard InChI is InChI=1S/C61H109N2O7P/c1-7-10-13-16-19-22-25-27-29-31-33-35-38-41-44-47-50-53-60(64)62-58(57-69-71(66,67)68-56-55-63(4,5)6)59(52-49-46-43-40-37-24-21-18-15-12-9-3)70-61(65)54-51-48-45-42-39-36-34-32-30-28-26-23-20-17-14-11-8-2/h19-20,22-23,27-30,33-36,49,52,58-59H,7-18,21,24-26,31-32,37-48,50-51,53-57H2,1-6H3,(H-,62,64,66,67)/p+1/b22-19-,23-20-,29-27-,30-28-,35-33-,36-34-,52-49+. The number of quaternary nitrogens is 1. The van der Waals surface area contributed by atoms with E-state index in [4.69, 9.17) is 13.8 Å². The molecule has 0 heterocycles. The Morgan fingerprint density at radius 1 is 0.493 bits per heavy atom. The van der Waals surface area contributed by atoms with Gasteiger partial charge in [0.25, 0.3) is 0 Å². The van der Waals surface area contributed by atoms with Crippen molar-refractivity contribution in [3.63, 3.8) is 0 Å². The maximum atomic E-state index is 13.5. The highest BCUT2D eigenvalue weighted by Crippen LogP contribution is 2.43. The fourth-order valence-electron chi connectivity index (χ4n) is 7.78. The first-order valence-electron chi connectivity index (χ1n) is 28.9. The molecule has 2 N–H and O–H groups in total. The van der Waals surface area contributed by atoms with Gasteiger partial charge in [-0.05, 0) is 109 Å². The molecule has 71 heavy (non-hydrogen) atoms. The monoisotopic (exact) mass is 1010 g/mol. The van der Waals surface area contributed by atoms with Gasteiger partial charge >= 0.3 is 13.8 Å². The number of esters is 1. The Morgan fingerprint density at radius 3 is 1.31 bits per heavy atom. The van der Waals surface area contributed by atoms with Gasteiger partial charge in [-0.25, -0.2) is 4.57 Å². The number of hydrogen-bond donors (Lipinski definition) is 2. The van der Waals surface area contributed by atoms with Gasteiger partial charge in [-0.1, -0.05) is 202 Å². The molecule has 0 radical (unpaired) electrons. The first kappa shape index (κ1) is 68.2. The van der Waals surface area contributed by atoms with E-state index in [0.717, 1.165) is 96.3 Å². The molecule has 0 spiro atoms. The Kier molecular flexibility index (Phi) is 48.7. The highest BCUT2D eigenvalue weighted by molar-refractivity contribution is 7.47. The van der Waals surface area contributed by atoms with Crippen molar-refractivity contribution in [3.05, 3.63) is 85.1 Å². The van der Waals surface area contributed by atoms with Gasteiger partial charge in [-0.15, -0.1) is 0 Å². The summed E-state index contributed by atoms with van der Waals surface area (Å²) in [5.41, 5.74) is 0. The average molecular weight is 1010 g/mol. The highest BCUT2D eigenvalue weighted by Gasteiger charge is 2.30. The van der Waals surface area contributed by atoms with Crippen molar-refractivity contribution in [1.82, 2.24) is 5.32 Å². The van der Waals surface area contributed by atoms with Crippen LogP contribution in [-0.2, 0) is 27.9 Å². The van der Waals surface area contributed by atoms with Crippen LogP contribution in [0.1, 0.15) is 239 Å². The summed E-state index contributed by atoms with van der Waals surface area (Å²) in [7, 11) is 1.46. The number of phosphoric ester groups is 1. The van der Waals surface area contributed by atoms with Crippen LogP contribution in [0.5, 0.6) is 0 Å². The van der Waals surface area contributed by atoms with Crippen molar-refractivity contribution in [3.8, 4) is 0 Å². The van der Waals surface area contributed by atoms with E-state index >= 15 is 0 Å². The number of allylic oxidation sites excluding steroid dienone is 13. The number of carbonyl (C=O) groups is 2. The molecule has 1 amide bonds. The topological polar surface area (TPSA) is 111 Å². The number of nitrogens with one attached hydrogen (secondary N) is 1. The summed E-state index contributed by atoms with van der Waals surface area (Å²) in [4.78, 5) is 37.6. The Hall–Kier alpha value is -2.81. The van der Waals surface area contributed by atoms with Gasteiger partial charge in [0.2, 0.25) is 5.91 Å². The van der Waals surface area contributed by atoms with E-state index in [9.17, 15) is 19.0 Å². The van der Waals surface area contributed by atoms with E-state index in [2.05, 4.69) is 99.0 Å². The predicted molar refractivity (Wildman–Crippen MR) is 304 cm³/mol. The minimum Gasteiger partial charge on any atom is -0.456 e. The van der Waals surface area contributed by atoms with Gasteiger partial charge < -0.3 is 19.4 Å². The SMILES string of the molecule is CCCCC/C=C\C/C=C\C/C=C\CCCCCCC(=O)NC(COP(=O)(O)OCC[N+](C)(C)C)C(/C=C/CCCCCCCCCCC)OC(=O)CCCCCC/C=C\C/C=C\C/C=C\CCCCC. The summed E-state index contributed by atoms with van der Waals surface area (Å²) < 4.78 is 30.6. The fourth-order valence-corrected chi connectivity index (χ4v) is 8.51. The van der Waals surface area contributed by atoms with Crippen molar-refractivity contribution >= 4 is 19.7 Å². The van der Waals surface area contributed by atoms with Crippen molar-refractivity contribution in [2.75, 3.05) is 40.9 Å². The minimum atomic E-state index is -4.46. The van der Waals surface area contributed by atoms with Crippen LogP contribution in [-0.4, -0.2) is 74.3 Å². The Balaban J connectivity index is 5.40. The lowest BCUT2D eigenvalue weighted by atomic mass is 10.1. The van der Waals surface area contributed by atoms with Crippen molar-refractivity contribution in [2.24, 2.45) is 0 Å². The molecule has 0 aliphatic heterocycles. The smallest absolute Gasteiger partial charge is 0.456 e. The number of nitrogens with zero attached hydrogens (tertiary/aromatic N) is 1. The second-order valence-electron chi connectivity index (χ2n) is 20.5. The van der Waals surface area contributed by atoms with Crippen molar-refractivity contribution in [2.45, 2.75) is 251 Å². The third kappa shape index (κ3) is 51.9. The summed E-state index contributed by atoms with van der Waals surface area (Å²) in [5, 5.41) is 3.03. The molecule has 0 bridgehead atoms. The molecule has 9 nitrogen and oxygen atoms in total. The predicted octanol–water partition coefficient (Wildman–Crippen LogP) is 17.4. The largest absolute Gasteiger partial charge is 0.472 e. The molecular weight excluding hydrogens is 904 g/mol. The van der Waals surface area contributed by atoms with E-state index in [1.54, 1.807) is 0 Å². The Labute approximate surface area is 437 Å². The second-order valence-corrected chi connectivity index (χ2v) is 21.9. The molecule has 0 aliphatic rings. The number of ether oxygens (including phenoxy) is 1. The lowest BCUT2D eigenvalue weighted by Crippen LogP contribution is -2.47. The van der Waals surface area contributed by atoms with Crippen LogP contribution in [0.3, 0.4) is 0 Å². The van der Waals surface area contributed by atoms with Gasteiger partial charge in [0.1, 0.15) is 19.3 Å². The summed E-state index contributed by atoms with van der Waals surface area (Å²) in [6.45, 7) is 6.90. The van der Waals surface area contributed by atoms with Gasteiger partial charge in [0, 0.05) is 12.8 Å². The summed E-state index contributed by atoms with van der Waals surface area (Å²) in [5.74, 6) is -0.560. The van der Waals surface area contributed by atoms with Crippen LogP contribution in [0.2, 0.25) is 0 Å². The first-order chi connectivity index (χ1) is 34.4. The molecule has 0 fully saturated rings. The van der Waals surface area contributed by atoms with Crippen LogP contribution in [0.4, 0.5) is 0 Å². The number of unbranched alkanes of at least 4 members (excludes halogenated alkanes) is 23. The number of phosphoric acid groups is 1. The summed E-state index contributed by atoms with van der Waals surface area (Å²) in [6.07, 6.45) is 65.7. The van der Waals surface area contributed by atoms with Crippen LogP contribution >= 0.6 is 7.82 Å². The third-order valence-electron chi connectivity index (χ3n) is 12.3. The minimum absolute atomic E-state index is 0.0281. The molecule has 0 aromatic rings. The van der Waals surface area contributed by atoms with Gasteiger partial charge in [0.15, 0.2) is 0 Å². The molecule has 3 unspecified atom stereocenters. The number of amides is 1. The van der Waals surface area contributed by atoms with Gasteiger partial charge in [-0.2, -0.15) is 0 Å². The lowest BCUT2D eigenvalue weighted by molar-refractivity contribution is -0.870. The molecule has 0 aromatic carbocycles. The zero-order valence-corrected chi connectivity index (χ0v) is 47.6. The van der Waals surface area contributed by atoms with Gasteiger partial charge in [0.05, 0.1) is 33.8 Å². The van der Waals surface area contributed by atoms with Crippen molar-refractivity contribution < 1.29 is 37.3 Å². The molecule has 3 atom stereocenters. The average Bonchev–Trinajstić information content (AvgIpc) is 3.33. The first-order valence-corrected chi connectivity index (χ1v) is 30.4. The quantitative estimate of drug-likeness (QED) is 0.0205. The van der Waals surface area contributed by atoms with Crippen LogP contribution < -0.4 is 5.32 Å². The second kappa shape index (κ2) is 50.7. The molecule has 0 aliphatic carbocycles. The summed E-state index contributed by atoms with van der Waals surface area (Å²) in [6, 6.07) is -0.872. The molecule has 410 valence electrons. The van der Waals surface area contributed by atoms with Crippen LogP contribution in [0.25, 0.3) is 0 Å². The summed E-state index contributed by atoms with van der Waals surface area (Å²) >= 11 is 0. The lowest BCUT2D eigenvalue weighted by Gasteiger charge is -2.27.